The van der Waals surface area contributed by atoms with E-state index in [-0.39, 0.29) is 36.4 Å². The van der Waals surface area contributed by atoms with Crippen LogP contribution in [-0.4, -0.2) is 30.4 Å². The van der Waals surface area contributed by atoms with Crippen molar-refractivity contribution in [2.75, 3.05) is 6.54 Å². The van der Waals surface area contributed by atoms with E-state index in [1.54, 1.807) is 0 Å². The van der Waals surface area contributed by atoms with Gasteiger partial charge in [-0.1, -0.05) is 0 Å². The van der Waals surface area contributed by atoms with Crippen molar-refractivity contribution in [2.24, 2.45) is 11.7 Å². The Kier molecular flexibility index (Phi) is 3.46. The van der Waals surface area contributed by atoms with Crippen molar-refractivity contribution < 1.29 is 9.59 Å². The van der Waals surface area contributed by atoms with E-state index in [9.17, 15) is 9.59 Å². The van der Waals surface area contributed by atoms with Crippen LogP contribution in [0.5, 0.6) is 0 Å². The molecule has 2 unspecified atom stereocenters. The van der Waals surface area contributed by atoms with E-state index < -0.39 is 0 Å². The fourth-order valence-electron chi connectivity index (χ4n) is 1.19. The lowest BCUT2D eigenvalue weighted by atomic mass is 10.3. The summed E-state index contributed by atoms with van der Waals surface area (Å²) in [4.78, 5) is 22.4. The molecule has 1 fully saturated rings. The van der Waals surface area contributed by atoms with Crippen LogP contribution in [0.4, 0.5) is 0 Å². The fourth-order valence-corrected chi connectivity index (χ4v) is 1.19. The SMILES string of the molecule is CC(C)NC(=O)CNC(=O)C1CC1N. The Labute approximate surface area is 83.4 Å². The molecule has 14 heavy (non-hydrogen) atoms. The molecule has 80 valence electrons. The van der Waals surface area contributed by atoms with E-state index in [0.717, 1.165) is 6.42 Å². The quantitative estimate of drug-likeness (QED) is 0.541. The topological polar surface area (TPSA) is 84.2 Å². The molecule has 5 heteroatoms. The number of carbonyl (C=O) groups is 2. The van der Waals surface area contributed by atoms with Gasteiger partial charge in [0.05, 0.1) is 12.5 Å². The summed E-state index contributed by atoms with van der Waals surface area (Å²) in [7, 11) is 0. The van der Waals surface area contributed by atoms with Gasteiger partial charge in [0.2, 0.25) is 11.8 Å². The normalized spacial score (nSPS) is 24.6. The van der Waals surface area contributed by atoms with E-state index in [2.05, 4.69) is 10.6 Å². The van der Waals surface area contributed by atoms with Gasteiger partial charge in [-0.3, -0.25) is 9.59 Å². The summed E-state index contributed by atoms with van der Waals surface area (Å²) in [5.74, 6) is -0.360. The molecule has 0 radical (unpaired) electrons. The molecule has 0 bridgehead atoms. The first-order valence-corrected chi connectivity index (χ1v) is 4.83. The van der Waals surface area contributed by atoms with Crippen molar-refractivity contribution in [1.29, 1.82) is 0 Å². The second-order valence-electron chi connectivity index (χ2n) is 3.95. The van der Waals surface area contributed by atoms with Gasteiger partial charge in [-0.25, -0.2) is 0 Å². The zero-order valence-corrected chi connectivity index (χ0v) is 8.54. The van der Waals surface area contributed by atoms with Crippen LogP contribution in [0.1, 0.15) is 20.3 Å². The third-order valence-electron chi connectivity index (χ3n) is 2.05. The molecule has 1 rings (SSSR count). The summed E-state index contributed by atoms with van der Waals surface area (Å²) < 4.78 is 0. The maximum Gasteiger partial charge on any atom is 0.239 e. The van der Waals surface area contributed by atoms with Crippen LogP contribution < -0.4 is 16.4 Å². The predicted molar refractivity (Wildman–Crippen MR) is 52.4 cm³/mol. The molecule has 0 aliphatic heterocycles. The predicted octanol–water partition coefficient (Wildman–Crippen LogP) is -1.03. The number of rotatable bonds is 4. The molecule has 1 saturated carbocycles. The molecular formula is C9H17N3O2. The minimum Gasteiger partial charge on any atom is -0.352 e. The molecule has 2 atom stereocenters. The molecule has 1 aliphatic rings. The van der Waals surface area contributed by atoms with Crippen LogP contribution in [0.2, 0.25) is 0 Å². The van der Waals surface area contributed by atoms with Gasteiger partial charge in [-0.2, -0.15) is 0 Å². The highest BCUT2D eigenvalue weighted by Gasteiger charge is 2.39. The monoisotopic (exact) mass is 199 g/mol. The Morgan fingerprint density at radius 1 is 1.50 bits per heavy atom. The van der Waals surface area contributed by atoms with Crippen molar-refractivity contribution in [3.8, 4) is 0 Å². The Bertz CT molecular complexity index is 240. The molecule has 1 aliphatic carbocycles. The molecule has 0 saturated heterocycles. The highest BCUT2D eigenvalue weighted by atomic mass is 16.2. The van der Waals surface area contributed by atoms with Crippen LogP contribution in [-0.2, 0) is 9.59 Å². The molecule has 0 aromatic heterocycles. The highest BCUT2D eigenvalue weighted by molar-refractivity contribution is 5.87. The van der Waals surface area contributed by atoms with Crippen molar-refractivity contribution in [3.63, 3.8) is 0 Å². The van der Waals surface area contributed by atoms with Crippen molar-refractivity contribution in [2.45, 2.75) is 32.4 Å². The van der Waals surface area contributed by atoms with Crippen LogP contribution >= 0.6 is 0 Å². The van der Waals surface area contributed by atoms with Gasteiger partial charge in [0.1, 0.15) is 0 Å². The number of hydrogen-bond acceptors (Lipinski definition) is 3. The lowest BCUT2D eigenvalue weighted by Gasteiger charge is -2.08. The minimum atomic E-state index is -0.164. The van der Waals surface area contributed by atoms with E-state index in [1.165, 1.54) is 0 Å². The number of carbonyl (C=O) groups excluding carboxylic acids is 2. The average molecular weight is 199 g/mol. The van der Waals surface area contributed by atoms with Crippen LogP contribution in [0, 0.1) is 5.92 Å². The first kappa shape index (κ1) is 11.0. The van der Waals surface area contributed by atoms with Crippen LogP contribution in [0.15, 0.2) is 0 Å². The number of nitrogens with one attached hydrogen (secondary N) is 2. The molecule has 0 aromatic rings. The molecule has 4 N–H and O–H groups in total. The zero-order chi connectivity index (χ0) is 10.7. The maximum absolute atomic E-state index is 11.2. The van der Waals surface area contributed by atoms with Gasteiger partial charge in [0, 0.05) is 12.1 Å². The third-order valence-corrected chi connectivity index (χ3v) is 2.05. The van der Waals surface area contributed by atoms with Gasteiger partial charge < -0.3 is 16.4 Å². The largest absolute Gasteiger partial charge is 0.352 e. The average Bonchev–Trinajstić information content (AvgIpc) is 2.77. The summed E-state index contributed by atoms with van der Waals surface area (Å²) in [5.41, 5.74) is 5.49. The maximum atomic E-state index is 11.2. The standard InChI is InChI=1S/C9H17N3O2/c1-5(2)12-8(13)4-11-9(14)6-3-7(6)10/h5-7H,3-4,10H2,1-2H3,(H,11,14)(H,12,13). The van der Waals surface area contributed by atoms with Gasteiger partial charge >= 0.3 is 0 Å². The fraction of sp³-hybridized carbons (Fsp3) is 0.778. The second kappa shape index (κ2) is 4.41. The Morgan fingerprint density at radius 2 is 2.07 bits per heavy atom. The Balaban J connectivity index is 2.14. The molecule has 5 nitrogen and oxygen atoms in total. The first-order chi connectivity index (χ1) is 6.50. The summed E-state index contributed by atoms with van der Waals surface area (Å²) in [6.45, 7) is 3.79. The van der Waals surface area contributed by atoms with Gasteiger partial charge in [0.25, 0.3) is 0 Å². The van der Waals surface area contributed by atoms with E-state index in [1.807, 2.05) is 13.8 Å². The lowest BCUT2D eigenvalue weighted by molar-refractivity contribution is -0.127. The molecule has 0 aromatic carbocycles. The summed E-state index contributed by atoms with van der Waals surface area (Å²) in [6.07, 6.45) is 0.734. The van der Waals surface area contributed by atoms with Crippen molar-refractivity contribution >= 4 is 11.8 Å². The molecule has 2 amide bonds. The summed E-state index contributed by atoms with van der Waals surface area (Å²) >= 11 is 0. The number of amides is 2. The summed E-state index contributed by atoms with van der Waals surface area (Å²) in [5, 5.41) is 5.23. The van der Waals surface area contributed by atoms with Crippen molar-refractivity contribution in [1.82, 2.24) is 10.6 Å². The Morgan fingerprint density at radius 3 is 2.50 bits per heavy atom. The van der Waals surface area contributed by atoms with E-state index in [4.69, 9.17) is 5.73 Å². The van der Waals surface area contributed by atoms with E-state index in [0.29, 0.717) is 0 Å². The van der Waals surface area contributed by atoms with Gasteiger partial charge in [-0.15, -0.1) is 0 Å². The second-order valence-corrected chi connectivity index (χ2v) is 3.95. The van der Waals surface area contributed by atoms with Gasteiger partial charge in [0.15, 0.2) is 0 Å². The number of hydrogen-bond donors (Lipinski definition) is 3. The van der Waals surface area contributed by atoms with Crippen molar-refractivity contribution in [3.05, 3.63) is 0 Å². The number of nitrogens with two attached hydrogens (primary N) is 1. The Hall–Kier alpha value is -1.10. The molecule has 0 heterocycles. The minimum absolute atomic E-state index is 0.0110. The summed E-state index contributed by atoms with van der Waals surface area (Å²) in [6, 6.07) is 0.0887. The van der Waals surface area contributed by atoms with E-state index >= 15 is 0 Å². The van der Waals surface area contributed by atoms with Crippen LogP contribution in [0.3, 0.4) is 0 Å². The molecule has 0 spiro atoms. The highest BCUT2D eigenvalue weighted by Crippen LogP contribution is 2.27. The van der Waals surface area contributed by atoms with Crippen LogP contribution in [0.25, 0.3) is 0 Å². The van der Waals surface area contributed by atoms with Gasteiger partial charge in [-0.05, 0) is 20.3 Å². The zero-order valence-electron chi connectivity index (χ0n) is 8.54. The smallest absolute Gasteiger partial charge is 0.239 e. The molecular weight excluding hydrogens is 182 g/mol. The lowest BCUT2D eigenvalue weighted by Crippen LogP contribution is -2.40. The third kappa shape index (κ3) is 3.33. The first-order valence-electron chi connectivity index (χ1n) is 4.83.